The maximum absolute atomic E-state index is 13.2. The molecule has 1 atom stereocenters. The number of rotatable bonds is 5. The zero-order chi connectivity index (χ0) is 22.2. The first-order valence-corrected chi connectivity index (χ1v) is 10.6. The van der Waals surface area contributed by atoms with E-state index >= 15 is 0 Å². The Bertz CT molecular complexity index is 1340. The van der Waals surface area contributed by atoms with E-state index in [0.717, 1.165) is 29.7 Å². The van der Waals surface area contributed by atoms with Crippen LogP contribution in [0, 0.1) is 6.92 Å². The fraction of sp³-hybridized carbons (Fsp3) is 0.304. The van der Waals surface area contributed by atoms with Crippen LogP contribution in [0.4, 0.5) is 5.95 Å². The molecule has 3 aromatic heterocycles. The summed E-state index contributed by atoms with van der Waals surface area (Å²) in [4.78, 5) is 22.2. The molecule has 5 rings (SSSR count). The minimum absolute atomic E-state index is 0.0169. The topological polar surface area (TPSA) is 123 Å². The number of aliphatic hydroxyl groups excluding tert-OH is 1. The van der Waals surface area contributed by atoms with Crippen LogP contribution in [0.5, 0.6) is 0 Å². The number of H-pyrrole nitrogens is 1. The third kappa shape index (κ3) is 3.55. The van der Waals surface area contributed by atoms with Gasteiger partial charge in [-0.05, 0) is 37.5 Å². The molecule has 9 nitrogen and oxygen atoms in total. The molecule has 0 bridgehead atoms. The lowest BCUT2D eigenvalue weighted by Gasteiger charge is -2.10. The number of aromatic nitrogens is 5. The van der Waals surface area contributed by atoms with Crippen molar-refractivity contribution in [2.24, 2.45) is 0 Å². The van der Waals surface area contributed by atoms with Gasteiger partial charge in [-0.2, -0.15) is 4.68 Å². The van der Waals surface area contributed by atoms with Crippen molar-refractivity contribution in [1.82, 2.24) is 19.7 Å². The van der Waals surface area contributed by atoms with Gasteiger partial charge in [-0.25, -0.2) is 9.89 Å². The Balaban J connectivity index is 1.81. The van der Waals surface area contributed by atoms with Crippen molar-refractivity contribution in [2.45, 2.75) is 39.0 Å². The molecule has 0 radical (unpaired) electrons. The number of nitrogens with zero attached hydrogens (tertiary/aromatic N) is 4. The Morgan fingerprint density at radius 3 is 2.78 bits per heavy atom. The number of ether oxygens (including phenoxy) is 1. The number of aromatic amines is 1. The van der Waals surface area contributed by atoms with E-state index in [9.17, 15) is 9.90 Å². The first-order chi connectivity index (χ1) is 15.5. The highest BCUT2D eigenvalue weighted by molar-refractivity contribution is 5.88. The van der Waals surface area contributed by atoms with Gasteiger partial charge in [0.25, 0.3) is 0 Å². The number of hydrogen-bond acceptors (Lipinski definition) is 6. The van der Waals surface area contributed by atoms with Gasteiger partial charge in [0.1, 0.15) is 12.2 Å². The van der Waals surface area contributed by atoms with Crippen LogP contribution >= 0.6 is 0 Å². The Morgan fingerprint density at radius 1 is 1.25 bits per heavy atom. The lowest BCUT2D eigenvalue weighted by molar-refractivity contribution is -0.516. The summed E-state index contributed by atoms with van der Waals surface area (Å²) < 4.78 is 8.64. The molecule has 0 saturated carbocycles. The van der Waals surface area contributed by atoms with Crippen LogP contribution in [0.1, 0.15) is 24.2 Å². The Labute approximate surface area is 184 Å². The van der Waals surface area contributed by atoms with E-state index in [1.165, 1.54) is 9.08 Å². The van der Waals surface area contributed by atoms with E-state index in [-0.39, 0.29) is 24.3 Å². The number of nitrogens with two attached hydrogens (primary N) is 1. The summed E-state index contributed by atoms with van der Waals surface area (Å²) in [5.74, 6) is 0.100. The molecule has 0 aliphatic carbocycles. The number of hydrogen-bond donors (Lipinski definition) is 3. The first-order valence-electron chi connectivity index (χ1n) is 10.6. The molecule has 32 heavy (non-hydrogen) atoms. The molecule has 1 aromatic carbocycles. The molecule has 9 heteroatoms. The number of aliphatic hydroxyl groups is 1. The van der Waals surface area contributed by atoms with Gasteiger partial charge in [-0.3, -0.25) is 4.98 Å². The molecule has 4 N–H and O–H groups in total. The summed E-state index contributed by atoms with van der Waals surface area (Å²) in [6.45, 7) is 2.80. The second-order valence-electron chi connectivity index (χ2n) is 8.03. The van der Waals surface area contributed by atoms with Crippen LogP contribution in [-0.4, -0.2) is 37.6 Å². The van der Waals surface area contributed by atoms with Gasteiger partial charge in [0.2, 0.25) is 5.65 Å². The van der Waals surface area contributed by atoms with Gasteiger partial charge in [0.15, 0.2) is 0 Å². The molecule has 1 aliphatic rings. The summed E-state index contributed by atoms with van der Waals surface area (Å²) in [6.07, 6.45) is 1.88. The number of fused-ring (bicyclic) bond motifs is 1. The highest BCUT2D eigenvalue weighted by Crippen LogP contribution is 2.33. The van der Waals surface area contributed by atoms with Crippen molar-refractivity contribution in [3.05, 3.63) is 64.3 Å². The van der Waals surface area contributed by atoms with Gasteiger partial charge < -0.3 is 15.6 Å². The molecule has 4 heterocycles. The largest absolute Gasteiger partial charge is 0.428 e. The SMILES string of the molecule is Cc1cc(-c2c(-c3ccccc3)nc(N)[n+]3c(=O)n(C[C@H]4CCCO4)[nH]c23)cc(CO)n1. The lowest BCUT2D eigenvalue weighted by Crippen LogP contribution is -2.45. The number of nitrogens with one attached hydrogen (secondary N) is 1. The number of aryl methyl sites for hydroxylation is 1. The predicted octanol–water partition coefficient (Wildman–Crippen LogP) is 1.60. The zero-order valence-electron chi connectivity index (χ0n) is 17.8. The summed E-state index contributed by atoms with van der Waals surface area (Å²) in [6, 6.07) is 13.4. The second-order valence-corrected chi connectivity index (χ2v) is 8.03. The number of anilines is 1. The summed E-state index contributed by atoms with van der Waals surface area (Å²) in [7, 11) is 0. The summed E-state index contributed by atoms with van der Waals surface area (Å²) in [5.41, 5.74) is 10.8. The Hall–Kier alpha value is -3.56. The Morgan fingerprint density at radius 2 is 2.06 bits per heavy atom. The molecule has 1 fully saturated rings. The van der Waals surface area contributed by atoms with Crippen LogP contribution in [-0.2, 0) is 17.9 Å². The van der Waals surface area contributed by atoms with E-state index in [2.05, 4.69) is 15.1 Å². The molecule has 1 saturated heterocycles. The van der Waals surface area contributed by atoms with Crippen LogP contribution in [0.2, 0.25) is 0 Å². The monoisotopic (exact) mass is 433 g/mol. The number of pyridine rings is 1. The third-order valence-corrected chi connectivity index (χ3v) is 5.73. The van der Waals surface area contributed by atoms with E-state index in [4.69, 9.17) is 10.5 Å². The van der Waals surface area contributed by atoms with Gasteiger partial charge in [0, 0.05) is 17.9 Å². The highest BCUT2D eigenvalue weighted by Gasteiger charge is 2.28. The van der Waals surface area contributed by atoms with E-state index in [0.29, 0.717) is 35.8 Å². The number of nitrogen functional groups attached to an aromatic ring is 1. The maximum Gasteiger partial charge on any atom is 0.428 e. The normalized spacial score (nSPS) is 16.1. The molecule has 0 spiro atoms. The van der Waals surface area contributed by atoms with Crippen molar-refractivity contribution in [1.29, 1.82) is 0 Å². The van der Waals surface area contributed by atoms with Crippen LogP contribution in [0.25, 0.3) is 28.0 Å². The van der Waals surface area contributed by atoms with Crippen LogP contribution < -0.4 is 15.8 Å². The number of benzene rings is 1. The fourth-order valence-electron chi connectivity index (χ4n) is 4.31. The molecule has 4 aromatic rings. The second kappa shape index (κ2) is 8.18. The fourth-order valence-corrected chi connectivity index (χ4v) is 4.31. The van der Waals surface area contributed by atoms with Crippen molar-refractivity contribution in [2.75, 3.05) is 12.3 Å². The van der Waals surface area contributed by atoms with Crippen LogP contribution in [0.15, 0.2) is 47.3 Å². The summed E-state index contributed by atoms with van der Waals surface area (Å²) in [5, 5.41) is 13.0. The van der Waals surface area contributed by atoms with Gasteiger partial charge in [-0.1, -0.05) is 30.3 Å². The average Bonchev–Trinajstić information content (AvgIpc) is 3.42. The standard InChI is InChI=1S/C23H24N6O3/c1-14-10-16(11-17(13-30)25-14)19-20(15-6-3-2-4-7-15)26-22(24)29-21(19)27-28(23(29)31)12-18-8-5-9-32-18/h2-4,6-7,10-11,18,30H,5,8-9,12-13H2,1H3,(H2,24,25,26,27)/p+1/t18-/m1/s1. The maximum atomic E-state index is 13.2. The first kappa shape index (κ1) is 20.3. The lowest BCUT2D eigenvalue weighted by atomic mass is 9.99. The minimum Gasteiger partial charge on any atom is -0.390 e. The molecule has 164 valence electrons. The van der Waals surface area contributed by atoms with Gasteiger partial charge in [-0.15, -0.1) is 9.38 Å². The van der Waals surface area contributed by atoms with Gasteiger partial charge >= 0.3 is 11.6 Å². The third-order valence-electron chi connectivity index (χ3n) is 5.73. The van der Waals surface area contributed by atoms with Crippen molar-refractivity contribution >= 4 is 11.6 Å². The molecular weight excluding hydrogens is 408 g/mol. The predicted molar refractivity (Wildman–Crippen MR) is 119 cm³/mol. The molecular formula is C23H25N6O3+. The van der Waals surface area contributed by atoms with Crippen LogP contribution in [0.3, 0.4) is 0 Å². The van der Waals surface area contributed by atoms with Crippen molar-refractivity contribution in [3.8, 4) is 22.4 Å². The molecule has 1 aliphatic heterocycles. The minimum atomic E-state index is -0.297. The highest BCUT2D eigenvalue weighted by atomic mass is 16.5. The quantitative estimate of drug-likeness (QED) is 0.411. The molecule has 0 unspecified atom stereocenters. The van der Waals surface area contributed by atoms with Gasteiger partial charge in [0.05, 0.1) is 24.0 Å². The smallest absolute Gasteiger partial charge is 0.390 e. The average molecular weight is 433 g/mol. The Kier molecular flexibility index (Phi) is 5.20. The van der Waals surface area contributed by atoms with E-state index in [1.807, 2.05) is 49.4 Å². The zero-order valence-corrected chi connectivity index (χ0v) is 17.8. The van der Waals surface area contributed by atoms with Crippen molar-refractivity contribution < 1.29 is 14.2 Å². The summed E-state index contributed by atoms with van der Waals surface area (Å²) >= 11 is 0. The van der Waals surface area contributed by atoms with E-state index in [1.54, 1.807) is 0 Å². The van der Waals surface area contributed by atoms with E-state index < -0.39 is 0 Å². The molecule has 0 amide bonds. The van der Waals surface area contributed by atoms with Crippen molar-refractivity contribution in [3.63, 3.8) is 0 Å².